The molecule has 4 aromatic carbocycles. The number of nitrogens with zero attached hydrogens (tertiary/aromatic N) is 1. The number of benzene rings is 4. The van der Waals surface area contributed by atoms with E-state index in [4.69, 9.17) is 23.7 Å². The van der Waals surface area contributed by atoms with Crippen LogP contribution >= 0.6 is 0 Å². The van der Waals surface area contributed by atoms with E-state index in [1.165, 1.54) is 6.08 Å². The maximum absolute atomic E-state index is 13.2. The van der Waals surface area contributed by atoms with Crippen LogP contribution in [0.1, 0.15) is 41.6 Å². The Bertz CT molecular complexity index is 1520. The van der Waals surface area contributed by atoms with Gasteiger partial charge in [-0.3, -0.25) is 0 Å². The zero-order chi connectivity index (χ0) is 31.3. The molecule has 0 saturated heterocycles. The van der Waals surface area contributed by atoms with Crippen molar-refractivity contribution in [3.63, 3.8) is 0 Å². The molecule has 0 aliphatic heterocycles. The molecule has 0 spiro atoms. The highest BCUT2D eigenvalue weighted by Crippen LogP contribution is 2.38. The Kier molecular flexibility index (Phi) is 12.0. The molecule has 0 aliphatic carbocycles. The molecule has 232 valence electrons. The van der Waals surface area contributed by atoms with Gasteiger partial charge in [-0.25, -0.2) is 9.59 Å². The molecular formula is C36H41NO7. The second-order valence-corrected chi connectivity index (χ2v) is 10.5. The van der Waals surface area contributed by atoms with E-state index in [0.29, 0.717) is 42.6 Å². The normalized spacial score (nSPS) is 11.3. The van der Waals surface area contributed by atoms with E-state index in [-0.39, 0.29) is 5.97 Å². The van der Waals surface area contributed by atoms with Gasteiger partial charge in [0.1, 0.15) is 6.61 Å². The summed E-state index contributed by atoms with van der Waals surface area (Å²) in [4.78, 5) is 27.5. The van der Waals surface area contributed by atoms with Crippen molar-refractivity contribution >= 4 is 39.6 Å². The lowest BCUT2D eigenvalue weighted by Gasteiger charge is -2.17. The van der Waals surface area contributed by atoms with Gasteiger partial charge < -0.3 is 28.6 Å². The van der Waals surface area contributed by atoms with E-state index in [1.807, 2.05) is 55.6 Å². The Hall–Kier alpha value is -4.56. The molecule has 44 heavy (non-hydrogen) atoms. The van der Waals surface area contributed by atoms with Crippen LogP contribution in [0.3, 0.4) is 0 Å². The highest BCUT2D eigenvalue weighted by molar-refractivity contribution is 6.16. The number of hydrogen-bond acceptors (Lipinski definition) is 8. The summed E-state index contributed by atoms with van der Waals surface area (Å²) in [7, 11) is 6.66. The molecule has 0 amide bonds. The van der Waals surface area contributed by atoms with Gasteiger partial charge in [-0.15, -0.1) is 0 Å². The SMILES string of the molecule is COc1cc(/C=C/C(=O)OCCCCCCN(C)CCOC(=O)c2c3ccccc3cc3ccccc23)cc(OC)c1OC. The van der Waals surface area contributed by atoms with Crippen molar-refractivity contribution < 1.29 is 33.3 Å². The quantitative estimate of drug-likeness (QED) is 0.0594. The number of fused-ring (bicyclic) bond motifs is 2. The first-order chi connectivity index (χ1) is 21.4. The van der Waals surface area contributed by atoms with Crippen LogP contribution in [0, 0.1) is 0 Å². The summed E-state index contributed by atoms with van der Waals surface area (Å²) < 4.78 is 27.1. The summed E-state index contributed by atoms with van der Waals surface area (Å²) >= 11 is 0. The molecule has 0 N–H and O–H groups in total. The number of likely N-dealkylation sites (N-methyl/N-ethyl adjacent to an activating group) is 1. The second-order valence-electron chi connectivity index (χ2n) is 10.5. The monoisotopic (exact) mass is 599 g/mol. The molecule has 0 atom stereocenters. The van der Waals surface area contributed by atoms with E-state index in [9.17, 15) is 9.59 Å². The third kappa shape index (κ3) is 8.51. The first kappa shape index (κ1) is 32.4. The third-order valence-corrected chi connectivity index (χ3v) is 7.46. The minimum atomic E-state index is -0.399. The average molecular weight is 600 g/mol. The number of rotatable bonds is 16. The van der Waals surface area contributed by atoms with Crippen LogP contribution in [0.5, 0.6) is 17.2 Å². The summed E-state index contributed by atoms with van der Waals surface area (Å²) in [5.74, 6) is 0.834. The molecule has 0 aromatic heterocycles. The molecule has 0 fully saturated rings. The number of methoxy groups -OCH3 is 3. The van der Waals surface area contributed by atoms with E-state index in [0.717, 1.165) is 59.3 Å². The fourth-order valence-electron chi connectivity index (χ4n) is 5.13. The van der Waals surface area contributed by atoms with Gasteiger partial charge in [0.25, 0.3) is 0 Å². The number of ether oxygens (including phenoxy) is 5. The molecule has 8 heteroatoms. The minimum absolute atomic E-state index is 0.292. The number of carbonyl (C=O) groups excluding carboxylic acids is 2. The fourth-order valence-corrected chi connectivity index (χ4v) is 5.13. The summed E-state index contributed by atoms with van der Waals surface area (Å²) in [6.45, 7) is 2.25. The van der Waals surface area contributed by atoms with Crippen LogP contribution in [-0.4, -0.2) is 71.5 Å². The van der Waals surface area contributed by atoms with Crippen LogP contribution in [0.4, 0.5) is 0 Å². The lowest BCUT2D eigenvalue weighted by molar-refractivity contribution is -0.137. The van der Waals surface area contributed by atoms with Gasteiger partial charge in [0.15, 0.2) is 11.5 Å². The van der Waals surface area contributed by atoms with Crippen LogP contribution in [-0.2, 0) is 14.3 Å². The number of carbonyl (C=O) groups is 2. The maximum Gasteiger partial charge on any atom is 0.339 e. The van der Waals surface area contributed by atoms with Crippen molar-refractivity contribution in [1.29, 1.82) is 0 Å². The summed E-state index contributed by atoms with van der Waals surface area (Å²) in [6, 6.07) is 21.5. The van der Waals surface area contributed by atoms with E-state index >= 15 is 0 Å². The predicted molar refractivity (Wildman–Crippen MR) is 174 cm³/mol. The number of unbranched alkanes of at least 4 members (excludes halogenated alkanes) is 3. The molecule has 0 bridgehead atoms. The first-order valence-electron chi connectivity index (χ1n) is 14.9. The minimum Gasteiger partial charge on any atom is -0.493 e. The molecule has 0 saturated carbocycles. The molecule has 0 unspecified atom stereocenters. The molecule has 8 nitrogen and oxygen atoms in total. The van der Waals surface area contributed by atoms with E-state index in [2.05, 4.69) is 11.0 Å². The van der Waals surface area contributed by atoms with Gasteiger partial charge in [-0.1, -0.05) is 61.4 Å². The number of esters is 2. The summed E-state index contributed by atoms with van der Waals surface area (Å²) in [5, 5.41) is 3.86. The van der Waals surface area contributed by atoms with Crippen LogP contribution in [0.15, 0.2) is 72.8 Å². The van der Waals surface area contributed by atoms with Crippen molar-refractivity contribution in [3.05, 3.63) is 83.9 Å². The van der Waals surface area contributed by atoms with Gasteiger partial charge >= 0.3 is 11.9 Å². The Morgan fingerprint density at radius 3 is 1.93 bits per heavy atom. The summed E-state index contributed by atoms with van der Waals surface area (Å²) in [6.07, 6.45) is 6.83. The highest BCUT2D eigenvalue weighted by atomic mass is 16.5. The maximum atomic E-state index is 13.2. The highest BCUT2D eigenvalue weighted by Gasteiger charge is 2.16. The average Bonchev–Trinajstić information content (AvgIpc) is 3.04. The van der Waals surface area contributed by atoms with Crippen molar-refractivity contribution in [1.82, 2.24) is 4.90 Å². The van der Waals surface area contributed by atoms with Crippen molar-refractivity contribution in [3.8, 4) is 17.2 Å². The van der Waals surface area contributed by atoms with Gasteiger partial charge in [0, 0.05) is 12.6 Å². The van der Waals surface area contributed by atoms with Crippen LogP contribution in [0.2, 0.25) is 0 Å². The molecule has 0 aliphatic rings. The van der Waals surface area contributed by atoms with E-state index in [1.54, 1.807) is 39.5 Å². The third-order valence-electron chi connectivity index (χ3n) is 7.46. The van der Waals surface area contributed by atoms with Crippen molar-refractivity contribution in [2.45, 2.75) is 25.7 Å². The smallest absolute Gasteiger partial charge is 0.339 e. The van der Waals surface area contributed by atoms with Gasteiger partial charge in [-0.05, 0) is 77.8 Å². The largest absolute Gasteiger partial charge is 0.493 e. The van der Waals surface area contributed by atoms with Gasteiger partial charge in [0.2, 0.25) is 5.75 Å². The zero-order valence-electron chi connectivity index (χ0n) is 26.0. The fraction of sp³-hybridized carbons (Fsp3) is 0.333. The van der Waals surface area contributed by atoms with Gasteiger partial charge in [0.05, 0.1) is 33.5 Å². The Morgan fingerprint density at radius 2 is 1.32 bits per heavy atom. The Morgan fingerprint density at radius 1 is 0.705 bits per heavy atom. The molecule has 0 heterocycles. The van der Waals surface area contributed by atoms with Crippen molar-refractivity contribution in [2.24, 2.45) is 0 Å². The topological polar surface area (TPSA) is 83.5 Å². The standard InChI is InChI=1S/C36H41NO7/c1-37(20-22-44-36(39)34-29-15-9-7-13-27(29)25-28-14-8-10-16-30(28)34)19-11-5-6-12-21-43-33(38)18-17-26-23-31(40-2)35(42-4)32(24-26)41-3/h7-10,13-18,23-25H,5-6,11-12,19-22H2,1-4H3/b18-17+. The second kappa shape index (κ2) is 16.3. The molecule has 4 aromatic rings. The Balaban J connectivity index is 1.12. The lowest BCUT2D eigenvalue weighted by atomic mass is 9.97. The summed E-state index contributed by atoms with van der Waals surface area (Å²) in [5.41, 5.74) is 1.36. The molecular weight excluding hydrogens is 558 g/mol. The Labute approximate surface area is 259 Å². The first-order valence-corrected chi connectivity index (χ1v) is 14.9. The van der Waals surface area contributed by atoms with Crippen molar-refractivity contribution in [2.75, 3.05) is 54.7 Å². The van der Waals surface area contributed by atoms with Crippen LogP contribution in [0.25, 0.3) is 27.6 Å². The predicted octanol–water partition coefficient (Wildman–Crippen LogP) is 6.92. The zero-order valence-corrected chi connectivity index (χ0v) is 26.0. The lowest BCUT2D eigenvalue weighted by Crippen LogP contribution is -2.25. The van der Waals surface area contributed by atoms with Gasteiger partial charge in [-0.2, -0.15) is 0 Å². The molecule has 0 radical (unpaired) electrons. The van der Waals surface area contributed by atoms with Crippen LogP contribution < -0.4 is 14.2 Å². The molecule has 4 rings (SSSR count). The number of hydrogen-bond donors (Lipinski definition) is 0. The van der Waals surface area contributed by atoms with E-state index < -0.39 is 5.97 Å².